The van der Waals surface area contributed by atoms with Crippen LogP contribution in [0, 0.1) is 18.7 Å². The summed E-state index contributed by atoms with van der Waals surface area (Å²) in [4.78, 5) is 4.55. The summed E-state index contributed by atoms with van der Waals surface area (Å²) in [5.74, 6) is 1.48. The molecule has 2 aromatic rings. The molecule has 0 amide bonds. The van der Waals surface area contributed by atoms with E-state index in [0.29, 0.717) is 17.1 Å². The van der Waals surface area contributed by atoms with Crippen LogP contribution in [-0.2, 0) is 0 Å². The Morgan fingerprint density at radius 3 is 2.70 bits per heavy atom. The van der Waals surface area contributed by atoms with E-state index >= 15 is 0 Å². The zero-order chi connectivity index (χ0) is 14.4. The molecule has 0 radical (unpaired) electrons. The van der Waals surface area contributed by atoms with Crippen molar-refractivity contribution in [2.75, 3.05) is 0 Å². The Bertz CT molecular complexity index is 643. The van der Waals surface area contributed by atoms with E-state index in [4.69, 9.17) is 11.6 Å². The minimum atomic E-state index is -0.203. The van der Waals surface area contributed by atoms with Gasteiger partial charge in [0.15, 0.2) is 0 Å². The molecule has 4 heteroatoms. The van der Waals surface area contributed by atoms with Crippen LogP contribution < -0.4 is 0 Å². The van der Waals surface area contributed by atoms with Gasteiger partial charge in [-0.25, -0.2) is 9.37 Å². The lowest BCUT2D eigenvalue weighted by atomic mass is 10.1. The van der Waals surface area contributed by atoms with Gasteiger partial charge in [0.05, 0.1) is 16.4 Å². The number of alkyl halides is 1. The normalized spacial score (nSPS) is 18.4. The van der Waals surface area contributed by atoms with Gasteiger partial charge in [0, 0.05) is 12.1 Å². The first-order chi connectivity index (χ1) is 9.47. The second-order valence-corrected chi connectivity index (χ2v) is 6.73. The molecule has 1 aromatic heterocycles. The Morgan fingerprint density at radius 2 is 2.10 bits per heavy atom. The number of imidazole rings is 1. The fourth-order valence-electron chi connectivity index (χ4n) is 2.92. The lowest BCUT2D eigenvalue weighted by Crippen LogP contribution is -2.10. The first-order valence-electron chi connectivity index (χ1n) is 7.29. The first kappa shape index (κ1) is 13.9. The molecular weight excluding hydrogens is 275 g/mol. The van der Waals surface area contributed by atoms with Gasteiger partial charge in [-0.3, -0.25) is 0 Å². The van der Waals surface area contributed by atoms with Gasteiger partial charge in [-0.2, -0.15) is 0 Å². The molecule has 0 saturated heterocycles. The van der Waals surface area contributed by atoms with Crippen LogP contribution in [0.25, 0.3) is 11.0 Å². The van der Waals surface area contributed by atoms with Crippen LogP contribution in [-0.4, -0.2) is 9.55 Å². The fraction of sp³-hybridized carbons (Fsp3) is 0.562. The molecule has 1 heterocycles. The largest absolute Gasteiger partial charge is 0.324 e. The van der Waals surface area contributed by atoms with Crippen molar-refractivity contribution in [3.63, 3.8) is 0 Å². The van der Waals surface area contributed by atoms with Crippen molar-refractivity contribution in [3.05, 3.63) is 29.3 Å². The van der Waals surface area contributed by atoms with Crippen molar-refractivity contribution in [1.29, 1.82) is 0 Å². The Balaban J connectivity index is 2.14. The summed E-state index contributed by atoms with van der Waals surface area (Å²) in [6.45, 7) is 5.93. The van der Waals surface area contributed by atoms with E-state index in [9.17, 15) is 4.39 Å². The SMILES string of the molecule is Cc1cc2c(cc1F)nc(C(C)Cl)n2C(C)CC1CC1. The number of aryl methyl sites for hydroxylation is 1. The van der Waals surface area contributed by atoms with Crippen LogP contribution in [0.4, 0.5) is 4.39 Å². The maximum absolute atomic E-state index is 13.7. The molecule has 1 fully saturated rings. The minimum Gasteiger partial charge on any atom is -0.324 e. The van der Waals surface area contributed by atoms with Gasteiger partial charge in [0.25, 0.3) is 0 Å². The topological polar surface area (TPSA) is 17.8 Å². The Labute approximate surface area is 123 Å². The van der Waals surface area contributed by atoms with Gasteiger partial charge >= 0.3 is 0 Å². The maximum Gasteiger partial charge on any atom is 0.128 e. The third-order valence-corrected chi connectivity index (χ3v) is 4.36. The molecule has 0 aliphatic heterocycles. The zero-order valence-electron chi connectivity index (χ0n) is 12.2. The van der Waals surface area contributed by atoms with E-state index in [1.165, 1.54) is 18.9 Å². The Morgan fingerprint density at radius 1 is 1.40 bits per heavy atom. The molecule has 3 rings (SSSR count). The molecule has 2 atom stereocenters. The smallest absolute Gasteiger partial charge is 0.128 e. The van der Waals surface area contributed by atoms with Crippen LogP contribution in [0.5, 0.6) is 0 Å². The highest BCUT2D eigenvalue weighted by Gasteiger charge is 2.27. The van der Waals surface area contributed by atoms with Crippen LogP contribution in [0.3, 0.4) is 0 Å². The van der Waals surface area contributed by atoms with Gasteiger partial charge in [-0.1, -0.05) is 12.8 Å². The van der Waals surface area contributed by atoms with Crippen molar-refractivity contribution in [2.24, 2.45) is 5.92 Å². The number of hydrogen-bond acceptors (Lipinski definition) is 1. The molecule has 1 aliphatic carbocycles. The second kappa shape index (κ2) is 5.03. The van der Waals surface area contributed by atoms with Crippen molar-refractivity contribution >= 4 is 22.6 Å². The van der Waals surface area contributed by atoms with Gasteiger partial charge in [-0.05, 0) is 44.7 Å². The molecule has 2 unspecified atom stereocenters. The molecule has 1 aliphatic rings. The predicted molar refractivity (Wildman–Crippen MR) is 80.7 cm³/mol. The standard InChI is InChI=1S/C16H20ClFN2/c1-9-6-15-14(8-13(9)18)19-16(11(3)17)20(15)10(2)7-12-4-5-12/h6,8,10-12H,4-5,7H2,1-3H3. The van der Waals surface area contributed by atoms with Crippen LogP contribution in [0.1, 0.15) is 55.9 Å². The van der Waals surface area contributed by atoms with Crippen LogP contribution in [0.2, 0.25) is 0 Å². The van der Waals surface area contributed by atoms with Gasteiger partial charge < -0.3 is 4.57 Å². The first-order valence-corrected chi connectivity index (χ1v) is 7.73. The van der Waals surface area contributed by atoms with E-state index in [1.54, 1.807) is 6.92 Å². The number of rotatable bonds is 4. The Hall–Kier alpha value is -1.09. The van der Waals surface area contributed by atoms with Crippen LogP contribution >= 0.6 is 11.6 Å². The van der Waals surface area contributed by atoms with Crippen molar-refractivity contribution in [3.8, 4) is 0 Å². The molecule has 0 N–H and O–H groups in total. The van der Waals surface area contributed by atoms with Gasteiger partial charge in [-0.15, -0.1) is 11.6 Å². The summed E-state index contributed by atoms with van der Waals surface area (Å²) in [5, 5.41) is -0.174. The third kappa shape index (κ3) is 2.44. The average Bonchev–Trinajstić information content (AvgIpc) is 3.10. The lowest BCUT2D eigenvalue weighted by molar-refractivity contribution is 0.472. The quantitative estimate of drug-likeness (QED) is 0.714. The van der Waals surface area contributed by atoms with Crippen molar-refractivity contribution in [1.82, 2.24) is 9.55 Å². The summed E-state index contributed by atoms with van der Waals surface area (Å²) in [6.07, 6.45) is 3.81. The summed E-state index contributed by atoms with van der Waals surface area (Å²) in [6, 6.07) is 3.77. The fourth-order valence-corrected chi connectivity index (χ4v) is 3.08. The number of nitrogens with zero attached hydrogens (tertiary/aromatic N) is 2. The van der Waals surface area contributed by atoms with Gasteiger partial charge in [0.2, 0.25) is 0 Å². The predicted octanol–water partition coefficient (Wildman–Crippen LogP) is 5.14. The minimum absolute atomic E-state index is 0.174. The zero-order valence-corrected chi connectivity index (χ0v) is 12.9. The lowest BCUT2D eigenvalue weighted by Gasteiger charge is -2.18. The molecule has 2 nitrogen and oxygen atoms in total. The number of hydrogen-bond donors (Lipinski definition) is 0. The van der Waals surface area contributed by atoms with E-state index in [-0.39, 0.29) is 11.2 Å². The molecular formula is C16H20ClFN2. The molecule has 108 valence electrons. The van der Waals surface area contributed by atoms with Crippen molar-refractivity contribution < 1.29 is 4.39 Å². The average molecular weight is 295 g/mol. The summed E-state index contributed by atoms with van der Waals surface area (Å²) < 4.78 is 15.9. The second-order valence-electron chi connectivity index (χ2n) is 6.07. The van der Waals surface area contributed by atoms with E-state index < -0.39 is 0 Å². The van der Waals surface area contributed by atoms with E-state index in [2.05, 4.69) is 16.5 Å². The van der Waals surface area contributed by atoms with E-state index in [1.807, 2.05) is 13.0 Å². The molecule has 0 spiro atoms. The summed E-state index contributed by atoms with van der Waals surface area (Å²) in [7, 11) is 0. The summed E-state index contributed by atoms with van der Waals surface area (Å²) in [5.41, 5.74) is 2.36. The molecule has 1 saturated carbocycles. The van der Waals surface area contributed by atoms with Crippen molar-refractivity contribution in [2.45, 2.75) is 51.5 Å². The number of aromatic nitrogens is 2. The highest BCUT2D eigenvalue weighted by atomic mass is 35.5. The summed E-state index contributed by atoms with van der Waals surface area (Å²) >= 11 is 6.28. The monoisotopic (exact) mass is 294 g/mol. The van der Waals surface area contributed by atoms with Gasteiger partial charge in [0.1, 0.15) is 11.6 Å². The highest BCUT2D eigenvalue weighted by Crippen LogP contribution is 2.39. The number of fused-ring (bicyclic) bond motifs is 1. The molecule has 0 bridgehead atoms. The van der Waals surface area contributed by atoms with Crippen LogP contribution in [0.15, 0.2) is 12.1 Å². The number of halogens is 2. The number of benzene rings is 1. The Kier molecular flexibility index (Phi) is 3.49. The third-order valence-electron chi connectivity index (χ3n) is 4.17. The molecule has 1 aromatic carbocycles. The van der Waals surface area contributed by atoms with E-state index in [0.717, 1.165) is 23.7 Å². The molecule has 20 heavy (non-hydrogen) atoms. The maximum atomic E-state index is 13.7. The highest BCUT2D eigenvalue weighted by molar-refractivity contribution is 6.20.